The van der Waals surface area contributed by atoms with Crippen molar-refractivity contribution in [3.05, 3.63) is 29.6 Å². The molecule has 1 aromatic carbocycles. The average molecular weight is 221 g/mol. The standard InChI is InChI=1S/C13H16FNO/c1-8-5-13(6-8)7-11(15)10-4-9(14)2-3-12(10)16-13/h2-4,8,11H,5-7,15H2,1H3/t8?,11-,13?/m1/s1. The van der Waals surface area contributed by atoms with E-state index in [9.17, 15) is 4.39 Å². The number of nitrogens with two attached hydrogens (primary N) is 1. The molecule has 2 N–H and O–H groups in total. The highest BCUT2D eigenvalue weighted by Gasteiger charge is 2.48. The highest BCUT2D eigenvalue weighted by atomic mass is 19.1. The highest BCUT2D eigenvalue weighted by molar-refractivity contribution is 5.39. The fourth-order valence-corrected chi connectivity index (χ4v) is 3.15. The van der Waals surface area contributed by atoms with Crippen molar-refractivity contribution < 1.29 is 9.13 Å². The molecule has 3 heteroatoms. The van der Waals surface area contributed by atoms with Crippen molar-refractivity contribution in [3.63, 3.8) is 0 Å². The Morgan fingerprint density at radius 2 is 2.12 bits per heavy atom. The minimum Gasteiger partial charge on any atom is -0.487 e. The third kappa shape index (κ3) is 1.42. The van der Waals surface area contributed by atoms with Gasteiger partial charge >= 0.3 is 0 Å². The number of benzene rings is 1. The van der Waals surface area contributed by atoms with Crippen molar-refractivity contribution >= 4 is 0 Å². The van der Waals surface area contributed by atoms with E-state index < -0.39 is 0 Å². The van der Waals surface area contributed by atoms with Crippen LogP contribution in [0, 0.1) is 11.7 Å². The first-order valence-corrected chi connectivity index (χ1v) is 5.82. The van der Waals surface area contributed by atoms with Gasteiger partial charge in [0.15, 0.2) is 0 Å². The van der Waals surface area contributed by atoms with Gasteiger partial charge in [-0.2, -0.15) is 0 Å². The second kappa shape index (κ2) is 3.20. The molecule has 1 aliphatic carbocycles. The molecular formula is C13H16FNO. The predicted molar refractivity (Wildman–Crippen MR) is 59.7 cm³/mol. The molecule has 86 valence electrons. The molecule has 0 bridgehead atoms. The van der Waals surface area contributed by atoms with Gasteiger partial charge < -0.3 is 10.5 Å². The van der Waals surface area contributed by atoms with Gasteiger partial charge in [0.2, 0.25) is 0 Å². The van der Waals surface area contributed by atoms with Crippen molar-refractivity contribution in [2.45, 2.75) is 37.8 Å². The maximum atomic E-state index is 13.1. The summed E-state index contributed by atoms with van der Waals surface area (Å²) in [6.07, 6.45) is 2.95. The molecule has 1 saturated carbocycles. The van der Waals surface area contributed by atoms with Crippen molar-refractivity contribution in [2.24, 2.45) is 11.7 Å². The Kier molecular flexibility index (Phi) is 2.02. The van der Waals surface area contributed by atoms with Gasteiger partial charge in [0.05, 0.1) is 0 Å². The first-order valence-electron chi connectivity index (χ1n) is 5.82. The summed E-state index contributed by atoms with van der Waals surface area (Å²) in [4.78, 5) is 0. The second-order valence-corrected chi connectivity index (χ2v) is 5.29. The molecule has 2 aliphatic rings. The summed E-state index contributed by atoms with van der Waals surface area (Å²) in [5, 5.41) is 0. The summed E-state index contributed by atoms with van der Waals surface area (Å²) in [5.41, 5.74) is 6.84. The monoisotopic (exact) mass is 221 g/mol. The molecule has 0 aromatic heterocycles. The average Bonchev–Trinajstić information content (AvgIpc) is 2.17. The van der Waals surface area contributed by atoms with Crippen LogP contribution in [0.5, 0.6) is 5.75 Å². The minimum absolute atomic E-state index is 0.0658. The summed E-state index contributed by atoms with van der Waals surface area (Å²) >= 11 is 0. The van der Waals surface area contributed by atoms with Crippen LogP contribution in [0.2, 0.25) is 0 Å². The molecule has 16 heavy (non-hydrogen) atoms. The van der Waals surface area contributed by atoms with E-state index >= 15 is 0 Å². The quantitative estimate of drug-likeness (QED) is 0.731. The van der Waals surface area contributed by atoms with E-state index in [2.05, 4.69) is 6.92 Å². The molecular weight excluding hydrogens is 205 g/mol. The first kappa shape index (κ1) is 10.1. The van der Waals surface area contributed by atoms with Crippen LogP contribution in [-0.2, 0) is 0 Å². The van der Waals surface area contributed by atoms with Gasteiger partial charge in [-0.3, -0.25) is 0 Å². The van der Waals surface area contributed by atoms with Crippen molar-refractivity contribution in [3.8, 4) is 5.75 Å². The Bertz CT molecular complexity index is 426. The van der Waals surface area contributed by atoms with E-state index in [4.69, 9.17) is 10.5 Å². The lowest BCUT2D eigenvalue weighted by Gasteiger charge is -2.50. The van der Waals surface area contributed by atoms with Crippen LogP contribution >= 0.6 is 0 Å². The van der Waals surface area contributed by atoms with Gasteiger partial charge in [-0.25, -0.2) is 4.39 Å². The van der Waals surface area contributed by atoms with Gasteiger partial charge in [-0.15, -0.1) is 0 Å². The van der Waals surface area contributed by atoms with Gasteiger partial charge in [0.1, 0.15) is 17.2 Å². The van der Waals surface area contributed by atoms with Crippen LogP contribution in [0.4, 0.5) is 4.39 Å². The predicted octanol–water partition coefficient (Wildman–Crippen LogP) is 2.78. The molecule has 1 spiro atoms. The summed E-state index contributed by atoms with van der Waals surface area (Å²) in [6, 6.07) is 4.54. The Balaban J connectivity index is 1.94. The molecule has 1 atom stereocenters. The molecule has 1 fully saturated rings. The minimum atomic E-state index is -0.240. The SMILES string of the molecule is CC1CC2(C1)C[C@@H](N)c1cc(F)ccc1O2. The lowest BCUT2D eigenvalue weighted by molar-refractivity contribution is -0.0658. The molecule has 0 amide bonds. The molecule has 1 heterocycles. The smallest absolute Gasteiger partial charge is 0.125 e. The van der Waals surface area contributed by atoms with E-state index in [-0.39, 0.29) is 17.5 Å². The van der Waals surface area contributed by atoms with Crippen LogP contribution in [0.3, 0.4) is 0 Å². The zero-order valence-electron chi connectivity index (χ0n) is 9.37. The normalized spacial score (nSPS) is 36.4. The Hall–Kier alpha value is -1.09. The van der Waals surface area contributed by atoms with E-state index in [1.807, 2.05) is 0 Å². The van der Waals surface area contributed by atoms with E-state index in [0.717, 1.165) is 30.6 Å². The third-order valence-corrected chi connectivity index (χ3v) is 3.73. The first-order chi connectivity index (χ1) is 7.58. The molecule has 1 aliphatic heterocycles. The van der Waals surface area contributed by atoms with Crippen LogP contribution in [0.25, 0.3) is 0 Å². The third-order valence-electron chi connectivity index (χ3n) is 3.73. The topological polar surface area (TPSA) is 35.2 Å². The summed E-state index contributed by atoms with van der Waals surface area (Å²) in [5.74, 6) is 1.25. The molecule has 1 aromatic rings. The van der Waals surface area contributed by atoms with Gasteiger partial charge in [0.25, 0.3) is 0 Å². The number of hydrogen-bond acceptors (Lipinski definition) is 2. The number of ether oxygens (including phenoxy) is 1. The van der Waals surface area contributed by atoms with Crippen LogP contribution in [-0.4, -0.2) is 5.60 Å². The molecule has 0 saturated heterocycles. The largest absolute Gasteiger partial charge is 0.487 e. The van der Waals surface area contributed by atoms with Crippen molar-refractivity contribution in [1.29, 1.82) is 0 Å². The number of fused-ring (bicyclic) bond motifs is 1. The Labute approximate surface area is 94.6 Å². The highest BCUT2D eigenvalue weighted by Crippen LogP contribution is 2.50. The second-order valence-electron chi connectivity index (χ2n) is 5.29. The maximum absolute atomic E-state index is 13.1. The number of halogens is 1. The number of rotatable bonds is 0. The van der Waals surface area contributed by atoms with E-state index in [1.54, 1.807) is 6.07 Å². The Morgan fingerprint density at radius 3 is 2.81 bits per heavy atom. The molecule has 0 unspecified atom stereocenters. The summed E-state index contributed by atoms with van der Waals surface area (Å²) in [6.45, 7) is 2.22. The fourth-order valence-electron chi connectivity index (χ4n) is 3.15. The molecule has 0 radical (unpaired) electrons. The molecule has 2 nitrogen and oxygen atoms in total. The summed E-state index contributed by atoms with van der Waals surface area (Å²) < 4.78 is 19.1. The maximum Gasteiger partial charge on any atom is 0.125 e. The lowest BCUT2D eigenvalue weighted by atomic mass is 9.67. The van der Waals surface area contributed by atoms with Gasteiger partial charge in [-0.05, 0) is 37.0 Å². The Morgan fingerprint density at radius 1 is 1.38 bits per heavy atom. The van der Waals surface area contributed by atoms with E-state index in [1.165, 1.54) is 12.1 Å². The van der Waals surface area contributed by atoms with Gasteiger partial charge in [0, 0.05) is 18.0 Å². The van der Waals surface area contributed by atoms with Crippen LogP contribution in [0.1, 0.15) is 37.8 Å². The van der Waals surface area contributed by atoms with E-state index in [0.29, 0.717) is 5.92 Å². The fraction of sp³-hybridized carbons (Fsp3) is 0.538. The van der Waals surface area contributed by atoms with Crippen LogP contribution < -0.4 is 10.5 Å². The zero-order valence-corrected chi connectivity index (χ0v) is 9.37. The van der Waals surface area contributed by atoms with Gasteiger partial charge in [-0.1, -0.05) is 6.92 Å². The van der Waals surface area contributed by atoms with Crippen molar-refractivity contribution in [2.75, 3.05) is 0 Å². The van der Waals surface area contributed by atoms with Crippen molar-refractivity contribution in [1.82, 2.24) is 0 Å². The summed E-state index contributed by atoms with van der Waals surface area (Å²) in [7, 11) is 0. The lowest BCUT2D eigenvalue weighted by Crippen LogP contribution is -2.52. The zero-order chi connectivity index (χ0) is 11.3. The molecule has 3 rings (SSSR count). The van der Waals surface area contributed by atoms with Crippen LogP contribution in [0.15, 0.2) is 18.2 Å². The number of hydrogen-bond donors (Lipinski definition) is 1.